The summed E-state index contributed by atoms with van der Waals surface area (Å²) < 4.78 is 5.28. The highest BCUT2D eigenvalue weighted by atomic mass is 32.1. The summed E-state index contributed by atoms with van der Waals surface area (Å²) in [6, 6.07) is 8.03. The normalized spacial score (nSPS) is 10.2. The van der Waals surface area contributed by atoms with Crippen molar-refractivity contribution in [1.29, 1.82) is 0 Å². The molecule has 1 nitrogen and oxygen atoms in total. The molecule has 0 radical (unpaired) electrons. The fourth-order valence-corrected chi connectivity index (χ4v) is 1.18. The molecule has 0 saturated heterocycles. The molecule has 1 aromatic carbocycles. The summed E-state index contributed by atoms with van der Waals surface area (Å²) in [6.45, 7) is 6.10. The molecule has 0 atom stereocenters. The molecule has 0 unspecified atom stereocenters. The van der Waals surface area contributed by atoms with Crippen molar-refractivity contribution in [1.82, 2.24) is 0 Å². The van der Waals surface area contributed by atoms with Gasteiger partial charge in [-0.25, -0.2) is 0 Å². The molecule has 0 fully saturated rings. The first-order valence-electron chi connectivity index (χ1n) is 4.38. The summed E-state index contributed by atoms with van der Waals surface area (Å²) in [7, 11) is 0. The van der Waals surface area contributed by atoms with E-state index in [9.17, 15) is 0 Å². The van der Waals surface area contributed by atoms with Gasteiger partial charge in [-0.2, -0.15) is 0 Å². The first-order valence-corrected chi connectivity index (χ1v) is 4.79. The van der Waals surface area contributed by atoms with Crippen LogP contribution in [0.1, 0.15) is 32.3 Å². The number of ether oxygens (including phenoxy) is 1. The second kappa shape index (κ2) is 4.38. The van der Waals surface area contributed by atoms with E-state index in [-0.39, 0.29) is 0 Å². The minimum absolute atomic E-state index is 0.553. The van der Waals surface area contributed by atoms with E-state index >= 15 is 0 Å². The van der Waals surface area contributed by atoms with E-state index in [2.05, 4.69) is 26.0 Å². The van der Waals surface area contributed by atoms with Gasteiger partial charge in [-0.1, -0.05) is 26.0 Å². The first kappa shape index (κ1) is 10.2. The molecular weight excluding hydrogens is 180 g/mol. The average Bonchev–Trinajstić information content (AvgIpc) is 2.04. The Balaban J connectivity index is 2.75. The summed E-state index contributed by atoms with van der Waals surface area (Å²) >= 11 is 4.84. The molecule has 0 amide bonds. The third-order valence-corrected chi connectivity index (χ3v) is 1.89. The average molecular weight is 194 g/mol. The predicted molar refractivity (Wildman–Crippen MR) is 59.4 cm³/mol. The summed E-state index contributed by atoms with van der Waals surface area (Å²) in [5.41, 5.74) is 1.31. The van der Waals surface area contributed by atoms with Gasteiger partial charge in [-0.3, -0.25) is 0 Å². The fourth-order valence-electron chi connectivity index (χ4n) is 1.09. The lowest BCUT2D eigenvalue weighted by molar-refractivity contribution is 0.561. The minimum Gasteiger partial charge on any atom is -0.451 e. The molecule has 0 aliphatic heterocycles. The topological polar surface area (TPSA) is 9.23 Å². The Morgan fingerprint density at radius 3 is 2.15 bits per heavy atom. The van der Waals surface area contributed by atoms with E-state index < -0.39 is 0 Å². The van der Waals surface area contributed by atoms with E-state index in [1.165, 1.54) is 5.56 Å². The Morgan fingerprint density at radius 2 is 1.77 bits per heavy atom. The lowest BCUT2D eigenvalue weighted by atomic mass is 10.0. The Labute approximate surface area is 84.7 Å². The molecule has 0 spiro atoms. The lowest BCUT2D eigenvalue weighted by Crippen LogP contribution is -1.98. The van der Waals surface area contributed by atoms with Gasteiger partial charge >= 0.3 is 0 Å². The number of rotatable bonds is 2. The summed E-state index contributed by atoms with van der Waals surface area (Å²) in [6.07, 6.45) is 0. The van der Waals surface area contributed by atoms with Crippen LogP contribution in [0.3, 0.4) is 0 Å². The second-order valence-electron chi connectivity index (χ2n) is 3.32. The van der Waals surface area contributed by atoms with Gasteiger partial charge in [0.2, 0.25) is 0 Å². The van der Waals surface area contributed by atoms with Crippen LogP contribution < -0.4 is 4.74 Å². The van der Waals surface area contributed by atoms with Crippen LogP contribution in [0.4, 0.5) is 0 Å². The zero-order valence-electron chi connectivity index (χ0n) is 8.20. The summed E-state index contributed by atoms with van der Waals surface area (Å²) in [5.74, 6) is 1.37. The van der Waals surface area contributed by atoms with Crippen molar-refractivity contribution in [3.63, 3.8) is 0 Å². The van der Waals surface area contributed by atoms with Gasteiger partial charge in [0.25, 0.3) is 0 Å². The van der Waals surface area contributed by atoms with Crippen LogP contribution in [0.15, 0.2) is 24.3 Å². The monoisotopic (exact) mass is 194 g/mol. The van der Waals surface area contributed by atoms with Crippen molar-refractivity contribution in [3.8, 4) is 5.75 Å². The first-order chi connectivity index (χ1) is 6.09. The van der Waals surface area contributed by atoms with E-state index in [1.54, 1.807) is 6.92 Å². The van der Waals surface area contributed by atoms with Crippen LogP contribution in [-0.4, -0.2) is 5.05 Å². The van der Waals surface area contributed by atoms with Gasteiger partial charge in [0.1, 0.15) is 5.75 Å². The molecule has 0 saturated carbocycles. The minimum atomic E-state index is 0.553. The molecule has 0 bridgehead atoms. The van der Waals surface area contributed by atoms with Crippen molar-refractivity contribution >= 4 is 17.3 Å². The Morgan fingerprint density at radius 1 is 1.23 bits per heavy atom. The van der Waals surface area contributed by atoms with Gasteiger partial charge in [0.15, 0.2) is 5.05 Å². The van der Waals surface area contributed by atoms with Crippen LogP contribution >= 0.6 is 12.2 Å². The summed E-state index contributed by atoms with van der Waals surface area (Å²) in [5, 5.41) is 0.553. The van der Waals surface area contributed by atoms with Crippen LogP contribution in [0.2, 0.25) is 0 Å². The van der Waals surface area contributed by atoms with E-state index in [1.807, 2.05) is 12.1 Å². The standard InChI is InChI=1S/C11H14OS/c1-8(2)10-4-6-11(7-5-10)12-9(3)13/h4-8H,1-3H3. The molecule has 1 rings (SSSR count). The smallest absolute Gasteiger partial charge is 0.164 e. The van der Waals surface area contributed by atoms with Gasteiger partial charge in [0.05, 0.1) is 0 Å². The van der Waals surface area contributed by atoms with Gasteiger partial charge < -0.3 is 4.74 Å². The van der Waals surface area contributed by atoms with Gasteiger partial charge in [-0.15, -0.1) is 0 Å². The Bertz CT molecular complexity index is 287. The molecule has 13 heavy (non-hydrogen) atoms. The highest BCUT2D eigenvalue weighted by Crippen LogP contribution is 2.18. The highest BCUT2D eigenvalue weighted by molar-refractivity contribution is 7.80. The van der Waals surface area contributed by atoms with Gasteiger partial charge in [-0.05, 0) is 35.8 Å². The number of benzene rings is 1. The number of hydrogen-bond acceptors (Lipinski definition) is 2. The largest absolute Gasteiger partial charge is 0.451 e. The predicted octanol–water partition coefficient (Wildman–Crippen LogP) is 3.54. The molecule has 0 aliphatic rings. The molecular formula is C11H14OS. The van der Waals surface area contributed by atoms with Crippen molar-refractivity contribution in [3.05, 3.63) is 29.8 Å². The SMILES string of the molecule is CC(=S)Oc1ccc(C(C)C)cc1. The van der Waals surface area contributed by atoms with Crippen molar-refractivity contribution in [2.24, 2.45) is 0 Å². The molecule has 2 heteroatoms. The Hall–Kier alpha value is -0.890. The van der Waals surface area contributed by atoms with Crippen LogP contribution in [0.5, 0.6) is 5.75 Å². The molecule has 1 aromatic rings. The molecule has 0 aliphatic carbocycles. The van der Waals surface area contributed by atoms with E-state index in [4.69, 9.17) is 17.0 Å². The molecule has 0 N–H and O–H groups in total. The third-order valence-electron chi connectivity index (χ3n) is 1.81. The quantitative estimate of drug-likeness (QED) is 0.666. The van der Waals surface area contributed by atoms with E-state index in [0.717, 1.165) is 5.75 Å². The number of thiocarbonyl (C=S) groups is 1. The molecule has 70 valence electrons. The maximum Gasteiger partial charge on any atom is 0.164 e. The van der Waals surface area contributed by atoms with Crippen molar-refractivity contribution < 1.29 is 4.74 Å². The molecule has 0 aromatic heterocycles. The lowest BCUT2D eigenvalue weighted by Gasteiger charge is -2.06. The molecule has 0 heterocycles. The second-order valence-corrected chi connectivity index (χ2v) is 3.89. The van der Waals surface area contributed by atoms with Crippen molar-refractivity contribution in [2.45, 2.75) is 26.7 Å². The highest BCUT2D eigenvalue weighted by Gasteiger charge is 1.99. The number of hydrogen-bond donors (Lipinski definition) is 0. The zero-order valence-corrected chi connectivity index (χ0v) is 9.02. The van der Waals surface area contributed by atoms with Crippen molar-refractivity contribution in [2.75, 3.05) is 0 Å². The fraction of sp³-hybridized carbons (Fsp3) is 0.364. The maximum atomic E-state index is 5.28. The maximum absolute atomic E-state index is 5.28. The van der Waals surface area contributed by atoms with E-state index in [0.29, 0.717) is 11.0 Å². The van der Waals surface area contributed by atoms with Crippen LogP contribution in [0.25, 0.3) is 0 Å². The summed E-state index contributed by atoms with van der Waals surface area (Å²) in [4.78, 5) is 0. The zero-order chi connectivity index (χ0) is 9.84. The van der Waals surface area contributed by atoms with Crippen LogP contribution in [0, 0.1) is 0 Å². The van der Waals surface area contributed by atoms with Crippen LogP contribution in [-0.2, 0) is 0 Å². The van der Waals surface area contributed by atoms with Gasteiger partial charge in [0, 0.05) is 6.92 Å². The Kier molecular flexibility index (Phi) is 3.43. The third kappa shape index (κ3) is 3.15.